The van der Waals surface area contributed by atoms with Crippen LogP contribution in [0.5, 0.6) is 0 Å². The highest BCUT2D eigenvalue weighted by molar-refractivity contribution is 6.60. The van der Waals surface area contributed by atoms with Crippen LogP contribution < -0.4 is 0 Å². The topological polar surface area (TPSA) is 36.9 Å². The zero-order valence-corrected chi connectivity index (χ0v) is 11.8. The van der Waals surface area contributed by atoms with Gasteiger partial charge in [-0.3, -0.25) is 0 Å². The summed E-state index contributed by atoms with van der Waals surface area (Å²) in [7, 11) is 2.66. The smallest absolute Gasteiger partial charge is 0.377 e. The first-order valence-corrected chi connectivity index (χ1v) is 7.91. The maximum atomic E-state index is 5.47. The zero-order chi connectivity index (χ0) is 12.0. The lowest BCUT2D eigenvalue weighted by Gasteiger charge is -2.36. The van der Waals surface area contributed by atoms with Crippen LogP contribution in [0.15, 0.2) is 0 Å². The van der Waals surface area contributed by atoms with Crippen LogP contribution in [-0.4, -0.2) is 42.8 Å². The van der Waals surface area contributed by atoms with Crippen LogP contribution in [0.2, 0.25) is 6.04 Å². The van der Waals surface area contributed by atoms with Crippen molar-refractivity contribution in [2.45, 2.75) is 38.3 Å². The molecule has 16 heavy (non-hydrogen) atoms. The maximum Gasteiger partial charge on any atom is 0.500 e. The van der Waals surface area contributed by atoms with Gasteiger partial charge in [-0.25, -0.2) is 0 Å². The Kier molecular flexibility index (Phi) is 5.92. The molecule has 0 aromatic heterocycles. The molecule has 1 rings (SSSR count). The van der Waals surface area contributed by atoms with Crippen molar-refractivity contribution in [2.75, 3.05) is 27.9 Å². The second-order valence-electron chi connectivity index (χ2n) is 4.23. The van der Waals surface area contributed by atoms with Gasteiger partial charge in [0, 0.05) is 33.3 Å². The van der Waals surface area contributed by atoms with E-state index in [2.05, 4.69) is 6.92 Å². The molecule has 0 saturated carbocycles. The molecule has 0 amide bonds. The first-order valence-electron chi connectivity index (χ1n) is 5.98. The van der Waals surface area contributed by atoms with Gasteiger partial charge in [0.15, 0.2) is 0 Å². The van der Waals surface area contributed by atoms with Gasteiger partial charge < -0.3 is 18.0 Å². The lowest BCUT2D eigenvalue weighted by Crippen LogP contribution is -2.43. The monoisotopic (exact) mass is 248 g/mol. The molecule has 4 nitrogen and oxygen atoms in total. The largest absolute Gasteiger partial charge is 0.500 e. The van der Waals surface area contributed by atoms with E-state index in [-0.39, 0.29) is 0 Å². The molecule has 0 bridgehead atoms. The fourth-order valence-corrected chi connectivity index (χ4v) is 3.98. The molecule has 1 heterocycles. The Labute approximate surface area is 99.6 Å². The number of hydrogen-bond acceptors (Lipinski definition) is 4. The summed E-state index contributed by atoms with van der Waals surface area (Å²) in [5.74, 6) is 0.724. The van der Waals surface area contributed by atoms with Gasteiger partial charge in [0.2, 0.25) is 0 Å². The van der Waals surface area contributed by atoms with Gasteiger partial charge >= 0.3 is 8.80 Å². The van der Waals surface area contributed by atoms with E-state index in [1.54, 1.807) is 21.3 Å². The van der Waals surface area contributed by atoms with E-state index in [0.717, 1.165) is 31.4 Å². The van der Waals surface area contributed by atoms with Crippen molar-refractivity contribution in [2.24, 2.45) is 5.92 Å². The molecular weight excluding hydrogens is 224 g/mol. The second-order valence-corrected chi connectivity index (χ2v) is 7.32. The van der Waals surface area contributed by atoms with E-state index in [4.69, 9.17) is 18.0 Å². The average molecular weight is 248 g/mol. The van der Waals surface area contributed by atoms with E-state index in [1.165, 1.54) is 6.42 Å². The SMILES string of the molecule is CCC1OCC1CCC[Si](OC)(OC)OC. The molecule has 2 unspecified atom stereocenters. The normalized spacial score (nSPS) is 25.5. The van der Waals surface area contributed by atoms with E-state index >= 15 is 0 Å². The molecule has 1 aliphatic rings. The van der Waals surface area contributed by atoms with E-state index < -0.39 is 8.80 Å². The molecule has 1 fully saturated rings. The Morgan fingerprint density at radius 1 is 1.19 bits per heavy atom. The average Bonchev–Trinajstić information content (AvgIpc) is 2.29. The fourth-order valence-electron chi connectivity index (χ4n) is 2.23. The van der Waals surface area contributed by atoms with Gasteiger partial charge in [-0.2, -0.15) is 0 Å². The summed E-state index contributed by atoms with van der Waals surface area (Å²) in [6.07, 6.45) is 3.87. The Morgan fingerprint density at radius 3 is 2.19 bits per heavy atom. The summed E-state index contributed by atoms with van der Waals surface area (Å²) < 4.78 is 21.6. The third-order valence-electron chi connectivity index (χ3n) is 3.44. The van der Waals surface area contributed by atoms with Crippen molar-refractivity contribution in [3.63, 3.8) is 0 Å². The molecule has 0 aromatic carbocycles. The molecule has 5 heteroatoms. The molecule has 0 radical (unpaired) electrons. The highest BCUT2D eigenvalue weighted by atomic mass is 28.4. The van der Waals surface area contributed by atoms with Crippen LogP contribution in [0.4, 0.5) is 0 Å². The molecular formula is C11H24O4Si. The summed E-state index contributed by atoms with van der Waals surface area (Å²) in [5.41, 5.74) is 0. The van der Waals surface area contributed by atoms with Gasteiger partial charge in [-0.05, 0) is 19.3 Å². The van der Waals surface area contributed by atoms with E-state index in [0.29, 0.717) is 6.10 Å². The highest BCUT2D eigenvalue weighted by Crippen LogP contribution is 2.29. The van der Waals surface area contributed by atoms with Crippen LogP contribution in [-0.2, 0) is 18.0 Å². The number of ether oxygens (including phenoxy) is 1. The molecule has 0 N–H and O–H groups in total. The molecule has 96 valence electrons. The fraction of sp³-hybridized carbons (Fsp3) is 1.00. The van der Waals surface area contributed by atoms with Crippen LogP contribution in [0.25, 0.3) is 0 Å². The van der Waals surface area contributed by atoms with Crippen LogP contribution in [0.3, 0.4) is 0 Å². The van der Waals surface area contributed by atoms with Gasteiger partial charge in [-0.1, -0.05) is 6.92 Å². The van der Waals surface area contributed by atoms with E-state index in [1.807, 2.05) is 0 Å². The summed E-state index contributed by atoms with van der Waals surface area (Å²) in [4.78, 5) is 0. The summed E-state index contributed by atoms with van der Waals surface area (Å²) >= 11 is 0. The molecule has 0 spiro atoms. The van der Waals surface area contributed by atoms with Crippen molar-refractivity contribution in [1.82, 2.24) is 0 Å². The standard InChI is InChI=1S/C11H24O4Si/c1-5-11-10(9-15-11)7-6-8-16(12-2,13-3)14-4/h10-11H,5-9H2,1-4H3. The minimum Gasteiger partial charge on any atom is -0.377 e. The van der Waals surface area contributed by atoms with Gasteiger partial charge in [0.05, 0.1) is 12.7 Å². The zero-order valence-electron chi connectivity index (χ0n) is 10.8. The number of hydrogen-bond donors (Lipinski definition) is 0. The van der Waals surface area contributed by atoms with Crippen molar-refractivity contribution >= 4 is 8.80 Å². The Balaban J connectivity index is 2.23. The predicted molar refractivity (Wildman–Crippen MR) is 64.3 cm³/mol. The minimum absolute atomic E-state index is 0.476. The third kappa shape index (κ3) is 3.27. The number of rotatable bonds is 8. The molecule has 1 aliphatic heterocycles. The Bertz CT molecular complexity index is 186. The second kappa shape index (κ2) is 6.71. The molecule has 1 saturated heterocycles. The lowest BCUT2D eigenvalue weighted by atomic mass is 9.91. The first-order chi connectivity index (χ1) is 7.71. The van der Waals surface area contributed by atoms with Gasteiger partial charge in [-0.15, -0.1) is 0 Å². The van der Waals surface area contributed by atoms with Crippen LogP contribution in [0, 0.1) is 5.92 Å². The van der Waals surface area contributed by atoms with Crippen LogP contribution in [0.1, 0.15) is 26.2 Å². The quantitative estimate of drug-likeness (QED) is 0.616. The summed E-state index contributed by atoms with van der Waals surface area (Å²) in [5, 5.41) is 0. The Morgan fingerprint density at radius 2 is 1.81 bits per heavy atom. The van der Waals surface area contributed by atoms with Crippen LogP contribution >= 0.6 is 0 Å². The van der Waals surface area contributed by atoms with Crippen molar-refractivity contribution in [1.29, 1.82) is 0 Å². The minimum atomic E-state index is -2.35. The first kappa shape index (κ1) is 14.1. The maximum absolute atomic E-state index is 5.47. The summed E-state index contributed by atoms with van der Waals surface area (Å²) in [6, 6.07) is 0.892. The lowest BCUT2D eigenvalue weighted by molar-refractivity contribution is -0.118. The Hall–Kier alpha value is 0.0569. The molecule has 0 aliphatic carbocycles. The molecule has 0 aromatic rings. The highest BCUT2D eigenvalue weighted by Gasteiger charge is 2.38. The van der Waals surface area contributed by atoms with Gasteiger partial charge in [0.1, 0.15) is 0 Å². The molecule has 2 atom stereocenters. The third-order valence-corrected chi connectivity index (χ3v) is 6.28. The van der Waals surface area contributed by atoms with E-state index in [9.17, 15) is 0 Å². The van der Waals surface area contributed by atoms with Gasteiger partial charge in [0.25, 0.3) is 0 Å². The summed E-state index contributed by atoms with van der Waals surface area (Å²) in [6.45, 7) is 3.09. The van der Waals surface area contributed by atoms with Crippen molar-refractivity contribution in [3.05, 3.63) is 0 Å². The predicted octanol–water partition coefficient (Wildman–Crippen LogP) is 2.07. The van der Waals surface area contributed by atoms with Crippen molar-refractivity contribution < 1.29 is 18.0 Å². The van der Waals surface area contributed by atoms with Crippen molar-refractivity contribution in [3.8, 4) is 0 Å².